The number of aromatic nitrogens is 1. The van der Waals surface area contributed by atoms with Gasteiger partial charge in [0.15, 0.2) is 17.5 Å². The highest BCUT2D eigenvalue weighted by Gasteiger charge is 2.37. The number of morpholine rings is 1. The second-order valence-electron chi connectivity index (χ2n) is 11.9. The second kappa shape index (κ2) is 14.6. The Kier molecular flexibility index (Phi) is 10.6. The third-order valence-corrected chi connectivity index (χ3v) is 8.94. The van der Waals surface area contributed by atoms with E-state index < -0.39 is 34.9 Å². The lowest BCUT2D eigenvalue weighted by Crippen LogP contribution is -2.41. The summed E-state index contributed by atoms with van der Waals surface area (Å²) in [5, 5.41) is 22.4. The van der Waals surface area contributed by atoms with E-state index in [2.05, 4.69) is 26.6 Å². The zero-order chi connectivity index (χ0) is 32.0. The topological polar surface area (TPSA) is 95.4 Å². The van der Waals surface area contributed by atoms with Crippen LogP contribution in [-0.4, -0.2) is 84.0 Å². The lowest BCUT2D eigenvalue weighted by molar-refractivity contribution is -0.141. The first-order valence-electron chi connectivity index (χ1n) is 15.2. The van der Waals surface area contributed by atoms with Crippen LogP contribution in [0.3, 0.4) is 0 Å². The van der Waals surface area contributed by atoms with Crippen LogP contribution in [0.4, 0.5) is 13.2 Å². The summed E-state index contributed by atoms with van der Waals surface area (Å²) in [7, 11) is 1.60. The van der Waals surface area contributed by atoms with Gasteiger partial charge in [0.1, 0.15) is 5.75 Å². The van der Waals surface area contributed by atoms with E-state index in [0.29, 0.717) is 70.8 Å². The maximum Gasteiger partial charge on any atom is 0.303 e. The van der Waals surface area contributed by atoms with Gasteiger partial charge in [-0.2, -0.15) is 0 Å². The van der Waals surface area contributed by atoms with Gasteiger partial charge in [-0.3, -0.25) is 19.6 Å². The van der Waals surface area contributed by atoms with Gasteiger partial charge in [0.25, 0.3) is 0 Å². The molecule has 1 aromatic heterocycles. The predicted molar refractivity (Wildman–Crippen MR) is 162 cm³/mol. The maximum atomic E-state index is 13.5. The van der Waals surface area contributed by atoms with Gasteiger partial charge in [0.05, 0.1) is 44.9 Å². The first-order chi connectivity index (χ1) is 21.7. The SMILES string of the molecule is COc1ccc2ncc(CN3CCOCC3)c(C(O)CCC3(CC(=O)O)CCN(CC#Cc4cc(F)c(F)c(F)c4)CC3)c2c1. The molecule has 1 atom stereocenters. The third kappa shape index (κ3) is 8.13. The van der Waals surface area contributed by atoms with E-state index in [-0.39, 0.29) is 12.0 Å². The molecule has 0 aliphatic carbocycles. The van der Waals surface area contributed by atoms with Crippen LogP contribution >= 0.6 is 0 Å². The number of benzene rings is 2. The van der Waals surface area contributed by atoms with Crippen LogP contribution < -0.4 is 4.74 Å². The number of likely N-dealkylation sites (tertiary alicyclic amines) is 1. The normalized spacial score (nSPS) is 17.9. The molecule has 1 unspecified atom stereocenters. The van der Waals surface area contributed by atoms with Crippen LogP contribution in [0, 0.1) is 34.7 Å². The largest absolute Gasteiger partial charge is 0.497 e. The van der Waals surface area contributed by atoms with Crippen LogP contribution in [0.5, 0.6) is 5.75 Å². The molecule has 3 aromatic rings. The number of hydrogen-bond donors (Lipinski definition) is 2. The standard InChI is InChI=1S/C34H38F3N3O5/c1-44-25-4-5-29-26(19-25)32(24(21-38-29)22-40-13-15-45-16-14-40)30(41)6-7-34(20-31(42)43)8-11-39(12-9-34)10-2-3-23-17-27(35)33(37)28(36)18-23/h4-5,17-19,21,30,41H,6-16,20,22H2,1H3,(H,42,43). The number of aliphatic hydroxyl groups is 1. The number of carbonyl (C=O) groups is 1. The third-order valence-electron chi connectivity index (χ3n) is 8.94. The van der Waals surface area contributed by atoms with Crippen LogP contribution in [0.25, 0.3) is 10.9 Å². The zero-order valence-corrected chi connectivity index (χ0v) is 25.3. The molecule has 2 aromatic carbocycles. The van der Waals surface area contributed by atoms with Crippen molar-refractivity contribution in [2.45, 2.75) is 44.8 Å². The molecular formula is C34H38F3N3O5. The molecule has 240 valence electrons. The molecular weight excluding hydrogens is 587 g/mol. The van der Waals surface area contributed by atoms with Crippen LogP contribution in [0.1, 0.15) is 54.9 Å². The molecule has 5 rings (SSSR count). The number of fused-ring (bicyclic) bond motifs is 1. The Labute approximate surface area is 260 Å². The van der Waals surface area contributed by atoms with Crippen molar-refractivity contribution in [1.82, 2.24) is 14.8 Å². The summed E-state index contributed by atoms with van der Waals surface area (Å²) in [4.78, 5) is 21.0. The molecule has 2 saturated heterocycles. The van der Waals surface area contributed by atoms with Crippen LogP contribution in [0.15, 0.2) is 36.5 Å². The van der Waals surface area contributed by atoms with Crippen molar-refractivity contribution in [3.05, 3.63) is 70.7 Å². The summed E-state index contributed by atoms with van der Waals surface area (Å²) < 4.78 is 51.2. The van der Waals surface area contributed by atoms with Gasteiger partial charge in [0, 0.05) is 36.8 Å². The van der Waals surface area contributed by atoms with Crippen molar-refractivity contribution in [2.24, 2.45) is 5.41 Å². The molecule has 0 amide bonds. The summed E-state index contributed by atoms with van der Waals surface area (Å²) in [6, 6.07) is 7.32. The highest BCUT2D eigenvalue weighted by Crippen LogP contribution is 2.42. The van der Waals surface area contributed by atoms with Gasteiger partial charge in [-0.15, -0.1) is 0 Å². The van der Waals surface area contributed by atoms with Gasteiger partial charge >= 0.3 is 5.97 Å². The number of piperidine rings is 1. The Morgan fingerprint density at radius 1 is 1.09 bits per heavy atom. The summed E-state index contributed by atoms with van der Waals surface area (Å²) in [5.41, 5.74) is 2.00. The van der Waals surface area contributed by atoms with Gasteiger partial charge in [-0.25, -0.2) is 13.2 Å². The second-order valence-corrected chi connectivity index (χ2v) is 11.9. The molecule has 2 N–H and O–H groups in total. The monoisotopic (exact) mass is 625 g/mol. The number of aliphatic hydroxyl groups excluding tert-OH is 1. The van der Waals surface area contributed by atoms with Gasteiger partial charge in [-0.05, 0) is 85.6 Å². The molecule has 0 saturated carbocycles. The molecule has 3 heterocycles. The van der Waals surface area contributed by atoms with E-state index in [1.807, 2.05) is 24.4 Å². The van der Waals surface area contributed by atoms with Crippen molar-refractivity contribution >= 4 is 16.9 Å². The number of nitrogens with zero attached hydrogens (tertiary/aromatic N) is 3. The van der Waals surface area contributed by atoms with Gasteiger partial charge in [-0.1, -0.05) is 11.8 Å². The fraction of sp³-hybridized carbons (Fsp3) is 0.471. The Morgan fingerprint density at radius 3 is 2.47 bits per heavy atom. The molecule has 0 spiro atoms. The number of pyridine rings is 1. The Morgan fingerprint density at radius 2 is 1.80 bits per heavy atom. The first-order valence-corrected chi connectivity index (χ1v) is 15.2. The van der Waals surface area contributed by atoms with Crippen LogP contribution in [-0.2, 0) is 16.1 Å². The Bertz CT molecular complexity index is 1550. The fourth-order valence-electron chi connectivity index (χ4n) is 6.37. The number of rotatable bonds is 10. The minimum Gasteiger partial charge on any atom is -0.497 e. The average molecular weight is 626 g/mol. The molecule has 45 heavy (non-hydrogen) atoms. The number of methoxy groups -OCH3 is 1. The van der Waals surface area contributed by atoms with E-state index in [0.717, 1.165) is 47.3 Å². The number of halogens is 3. The lowest BCUT2D eigenvalue weighted by Gasteiger charge is -2.41. The summed E-state index contributed by atoms with van der Waals surface area (Å²) >= 11 is 0. The Balaban J connectivity index is 1.30. The van der Waals surface area contributed by atoms with Crippen molar-refractivity contribution < 1.29 is 37.7 Å². The van der Waals surface area contributed by atoms with Gasteiger partial charge < -0.3 is 19.7 Å². The molecule has 0 radical (unpaired) electrons. The molecule has 0 bridgehead atoms. The average Bonchev–Trinajstić information content (AvgIpc) is 3.03. The summed E-state index contributed by atoms with van der Waals surface area (Å²) in [6.07, 6.45) is 3.05. The number of hydrogen-bond acceptors (Lipinski definition) is 7. The smallest absolute Gasteiger partial charge is 0.303 e. The quantitative estimate of drug-likeness (QED) is 0.243. The summed E-state index contributed by atoms with van der Waals surface area (Å²) in [5.74, 6) is 1.24. The van der Waals surface area contributed by atoms with Crippen LogP contribution in [0.2, 0.25) is 0 Å². The lowest BCUT2D eigenvalue weighted by atomic mass is 9.71. The minimum atomic E-state index is -1.53. The van der Waals surface area contributed by atoms with Crippen molar-refractivity contribution in [3.63, 3.8) is 0 Å². The molecule has 2 aliphatic heterocycles. The minimum absolute atomic E-state index is 0.0150. The number of ether oxygens (including phenoxy) is 2. The predicted octanol–water partition coefficient (Wildman–Crippen LogP) is 4.92. The van der Waals surface area contributed by atoms with E-state index >= 15 is 0 Å². The fourth-order valence-corrected chi connectivity index (χ4v) is 6.37. The van der Waals surface area contributed by atoms with E-state index in [1.165, 1.54) is 0 Å². The summed E-state index contributed by atoms with van der Waals surface area (Å²) in [6.45, 7) is 4.97. The first kappa shape index (κ1) is 32.7. The molecule has 2 fully saturated rings. The van der Waals surface area contributed by atoms with E-state index in [4.69, 9.17) is 9.47 Å². The van der Waals surface area contributed by atoms with Crippen molar-refractivity contribution in [3.8, 4) is 17.6 Å². The highest BCUT2D eigenvalue weighted by atomic mass is 19.2. The number of aliphatic carboxylic acids is 1. The van der Waals surface area contributed by atoms with Crippen molar-refractivity contribution in [2.75, 3.05) is 53.0 Å². The molecule has 2 aliphatic rings. The van der Waals surface area contributed by atoms with E-state index in [9.17, 15) is 28.2 Å². The Hall–Kier alpha value is -3.69. The maximum absolute atomic E-state index is 13.5. The zero-order valence-electron chi connectivity index (χ0n) is 25.3. The van der Waals surface area contributed by atoms with Crippen molar-refractivity contribution in [1.29, 1.82) is 0 Å². The number of carboxylic acid groups (broad SMARTS) is 1. The van der Waals surface area contributed by atoms with Gasteiger partial charge in [0.2, 0.25) is 0 Å². The molecule has 11 heteroatoms. The number of carboxylic acids is 1. The highest BCUT2D eigenvalue weighted by molar-refractivity contribution is 5.85. The van der Waals surface area contributed by atoms with E-state index in [1.54, 1.807) is 7.11 Å². The molecule has 8 nitrogen and oxygen atoms in total.